The summed E-state index contributed by atoms with van der Waals surface area (Å²) >= 11 is 2.69. The van der Waals surface area contributed by atoms with Crippen LogP contribution in [-0.2, 0) is 46.8 Å². The molecule has 25 heteroatoms. The summed E-state index contributed by atoms with van der Waals surface area (Å²) in [5.41, 5.74) is -0.611. The lowest BCUT2D eigenvalue weighted by atomic mass is 10.0. The number of thioether (sulfide) groups is 2. The van der Waals surface area contributed by atoms with Crippen LogP contribution in [-0.4, -0.2) is 117 Å². The Balaban J connectivity index is 1.30. The molecule has 0 aliphatic carbocycles. The molecule has 2 aliphatic heterocycles. The van der Waals surface area contributed by atoms with Gasteiger partial charge in [-0.25, -0.2) is 19.3 Å². The topological polar surface area (TPSA) is 253 Å². The van der Waals surface area contributed by atoms with Crippen molar-refractivity contribution < 1.29 is 57.0 Å². The Morgan fingerprint density at radius 2 is 1.91 bits per heavy atom. The van der Waals surface area contributed by atoms with Crippen LogP contribution in [0.4, 0.5) is 18.3 Å². The zero-order valence-electron chi connectivity index (χ0n) is 27.1. The zero-order valence-corrected chi connectivity index (χ0v) is 29.6. The lowest BCUT2D eigenvalue weighted by Gasteiger charge is -2.49. The first kappa shape index (κ1) is 39.4. The summed E-state index contributed by atoms with van der Waals surface area (Å²) in [6, 6.07) is 7.38. The van der Waals surface area contributed by atoms with Gasteiger partial charge < -0.3 is 25.2 Å². The van der Waals surface area contributed by atoms with E-state index >= 15 is 0 Å². The van der Waals surface area contributed by atoms with Gasteiger partial charge in [0.2, 0.25) is 5.16 Å². The van der Waals surface area contributed by atoms with Crippen molar-refractivity contribution in [3.05, 3.63) is 70.9 Å². The predicted octanol–water partition coefficient (Wildman–Crippen LogP) is 1.73. The normalized spacial score (nSPS) is 17.3. The number of nitrogens with one attached hydrogen (secondary N) is 2. The van der Waals surface area contributed by atoms with E-state index < -0.39 is 63.8 Å². The maximum atomic E-state index is 13.5. The summed E-state index contributed by atoms with van der Waals surface area (Å²) in [4.78, 5) is 77.4. The van der Waals surface area contributed by atoms with Gasteiger partial charge in [0.05, 0.1) is 6.54 Å². The fourth-order valence-electron chi connectivity index (χ4n) is 4.56. The van der Waals surface area contributed by atoms with Crippen LogP contribution in [0.3, 0.4) is 0 Å². The second-order valence-corrected chi connectivity index (χ2v) is 13.5. The first-order valence-electron chi connectivity index (χ1n) is 15.0. The molecule has 0 spiro atoms. The van der Waals surface area contributed by atoms with Crippen LogP contribution in [0, 0.1) is 0 Å². The van der Waals surface area contributed by atoms with E-state index in [1.165, 1.54) is 6.08 Å². The van der Waals surface area contributed by atoms with E-state index in [-0.39, 0.29) is 47.8 Å². The Bertz CT molecular complexity index is 2040. The molecule has 1 fully saturated rings. The molecule has 1 saturated heterocycles. The van der Waals surface area contributed by atoms with Gasteiger partial charge in [-0.2, -0.15) is 13.2 Å². The highest BCUT2D eigenvalue weighted by Crippen LogP contribution is 2.41. The van der Waals surface area contributed by atoms with Crippen LogP contribution in [0.2, 0.25) is 0 Å². The molecule has 3 aromatic rings. The molecular weight excluding hydrogens is 786 g/mol. The number of hydrogen-bond acceptors (Lipinski definition) is 16. The number of thiazole rings is 1. The maximum Gasteiger partial charge on any atom is 0.471 e. The molecule has 1 aromatic carbocycles. The molecule has 1 unspecified atom stereocenters. The third kappa shape index (κ3) is 9.39. The van der Waals surface area contributed by atoms with Crippen molar-refractivity contribution in [2.75, 3.05) is 23.4 Å². The number of amides is 3. The Hall–Kier alpha value is -5.82. The van der Waals surface area contributed by atoms with Crippen molar-refractivity contribution in [1.82, 2.24) is 35.4 Å². The van der Waals surface area contributed by atoms with Crippen LogP contribution in [0.25, 0.3) is 0 Å². The maximum absolute atomic E-state index is 13.5. The number of benzene rings is 1. The average molecular weight is 811 g/mol. The van der Waals surface area contributed by atoms with E-state index in [4.69, 9.17) is 9.68 Å². The first-order valence-corrected chi connectivity index (χ1v) is 17.9. The molecule has 0 radical (unpaired) electrons. The van der Waals surface area contributed by atoms with Gasteiger partial charge in [-0.05, 0) is 21.6 Å². The smallest absolute Gasteiger partial charge is 0.471 e. The molecule has 0 saturated carbocycles. The van der Waals surface area contributed by atoms with Gasteiger partial charge in [-0.15, -0.1) is 28.2 Å². The molecule has 54 heavy (non-hydrogen) atoms. The summed E-state index contributed by atoms with van der Waals surface area (Å²) in [6.07, 6.45) is -3.84. The molecule has 4 heterocycles. The number of aromatic nitrogens is 5. The Morgan fingerprint density at radius 1 is 1.15 bits per heavy atom. The van der Waals surface area contributed by atoms with Gasteiger partial charge in [0.25, 0.3) is 11.8 Å². The molecule has 3 amide bonds. The number of carboxylic acids is 2. The van der Waals surface area contributed by atoms with Crippen molar-refractivity contribution in [2.24, 2.45) is 10.3 Å². The summed E-state index contributed by atoms with van der Waals surface area (Å²) in [5.74, 6) is -6.85. The van der Waals surface area contributed by atoms with E-state index in [2.05, 4.69) is 42.7 Å². The number of β-lactam (4-membered cyclic amide) rings is 1. The molecule has 2 atom stereocenters. The number of nitrogens with zero attached hydrogens (tertiary/aromatic N) is 8. The third-order valence-electron chi connectivity index (χ3n) is 6.99. The number of anilines is 1. The number of alkyl halides is 3. The van der Waals surface area contributed by atoms with E-state index in [0.717, 1.165) is 38.5 Å². The summed E-state index contributed by atoms with van der Waals surface area (Å²) < 4.78 is 39.5. The second-order valence-electron chi connectivity index (χ2n) is 10.6. The minimum Gasteiger partial charge on any atom is -0.477 e. The van der Waals surface area contributed by atoms with Gasteiger partial charge in [0.1, 0.15) is 36.0 Å². The van der Waals surface area contributed by atoms with Crippen molar-refractivity contribution in [3.63, 3.8) is 0 Å². The van der Waals surface area contributed by atoms with Crippen LogP contribution < -0.4 is 10.6 Å². The van der Waals surface area contributed by atoms with Crippen molar-refractivity contribution in [2.45, 2.75) is 35.9 Å². The van der Waals surface area contributed by atoms with Crippen molar-refractivity contribution >= 4 is 81.1 Å². The van der Waals surface area contributed by atoms with Crippen molar-refractivity contribution in [1.29, 1.82) is 0 Å². The molecule has 2 aliphatic rings. The van der Waals surface area contributed by atoms with Gasteiger partial charge in [0, 0.05) is 16.9 Å². The van der Waals surface area contributed by atoms with Crippen molar-refractivity contribution in [3.8, 4) is 0 Å². The fraction of sp³-hybridized carbons (Fsp3) is 0.276. The van der Waals surface area contributed by atoms with Crippen LogP contribution in [0.5, 0.6) is 0 Å². The number of fused-ring (bicyclic) bond motifs is 1. The average Bonchev–Trinajstić information content (AvgIpc) is 3.79. The van der Waals surface area contributed by atoms with Gasteiger partial charge >= 0.3 is 24.0 Å². The van der Waals surface area contributed by atoms with Crippen LogP contribution in [0.15, 0.2) is 75.1 Å². The molecule has 5 rings (SSSR count). The summed E-state index contributed by atoms with van der Waals surface area (Å²) in [7, 11) is 0. The molecule has 4 N–H and O–H groups in total. The standard InChI is InChI=1S/C29H25F3N10O9S3/c1-2-8-50-37-16(24(45)46)9-41-28(36-39-40-41)54-12-15-11-52-23-19(22(44)42(23)20(15)25(47)48)34-21(43)18(38-51-10-14-6-4-3-5-7-14)17-13-53-27(33-17)35-26(49)29(30,31)32/h2-7,13,19,23H,1,8-12H2,(H,34,43)(H,45,46)(H,47,48)(H,33,35,49)/t19?,23-/m1/s1. The largest absolute Gasteiger partial charge is 0.477 e. The number of hydrogen-bond donors (Lipinski definition) is 4. The number of carbonyl (C=O) groups is 5. The highest BCUT2D eigenvalue weighted by molar-refractivity contribution is 8.01. The number of carbonyl (C=O) groups excluding carboxylic acids is 3. The van der Waals surface area contributed by atoms with Crippen LogP contribution in [0.1, 0.15) is 11.3 Å². The molecule has 0 bridgehead atoms. The van der Waals surface area contributed by atoms with E-state index in [0.29, 0.717) is 22.5 Å². The summed E-state index contributed by atoms with van der Waals surface area (Å²) in [5, 5.41) is 42.0. The fourth-order valence-corrected chi connectivity index (χ4v) is 7.61. The number of halogens is 3. The number of oxime groups is 2. The molecule has 2 aromatic heterocycles. The Morgan fingerprint density at radius 3 is 2.59 bits per heavy atom. The molecule has 284 valence electrons. The number of tetrazole rings is 1. The number of rotatable bonds is 17. The predicted molar refractivity (Wildman–Crippen MR) is 184 cm³/mol. The third-order valence-corrected chi connectivity index (χ3v) is 10.1. The highest BCUT2D eigenvalue weighted by atomic mass is 32.2. The monoisotopic (exact) mass is 810 g/mol. The molecular formula is C29H25F3N10O9S3. The molecule has 19 nitrogen and oxygen atoms in total. The Labute approximate surface area is 313 Å². The first-order chi connectivity index (χ1) is 25.8. The SMILES string of the molecule is C=CCON=C(Cn1nnnc1SCC1=C(C(=O)O)N2C(=O)C(NC(=O)C(=NOCc3ccccc3)c3csc(NC(=O)C(F)(F)F)n3)[C@H]2SC1)C(=O)O. The zero-order chi connectivity index (χ0) is 39.0. The van der Waals surface area contributed by atoms with Gasteiger partial charge in [0.15, 0.2) is 16.6 Å². The van der Waals surface area contributed by atoms with Gasteiger partial charge in [-0.3, -0.25) is 24.6 Å². The minimum absolute atomic E-state index is 0.0262. The van der Waals surface area contributed by atoms with E-state index in [9.17, 15) is 47.4 Å². The summed E-state index contributed by atoms with van der Waals surface area (Å²) in [6.45, 7) is 2.89. The van der Waals surface area contributed by atoms with E-state index in [1.807, 2.05) is 0 Å². The van der Waals surface area contributed by atoms with Crippen LogP contribution >= 0.6 is 34.9 Å². The number of aliphatic carboxylic acids is 2. The highest BCUT2D eigenvalue weighted by Gasteiger charge is 2.54. The van der Waals surface area contributed by atoms with E-state index in [1.54, 1.807) is 35.6 Å². The number of carboxylic acid groups (broad SMARTS) is 2. The van der Waals surface area contributed by atoms with Gasteiger partial charge in [-0.1, -0.05) is 65.1 Å². The quantitative estimate of drug-likeness (QED) is 0.0378. The Kier molecular flexibility index (Phi) is 12.6. The second kappa shape index (κ2) is 17.3. The minimum atomic E-state index is -5.20. The lowest BCUT2D eigenvalue weighted by molar-refractivity contribution is -0.167. The lowest BCUT2D eigenvalue weighted by Crippen LogP contribution is -2.71.